The summed E-state index contributed by atoms with van der Waals surface area (Å²) in [4.78, 5) is 53.1. The molecule has 0 radical (unpaired) electrons. The maximum absolute atomic E-state index is 13.4. The number of hydrogen-bond donors (Lipinski definition) is 3. The third-order valence-corrected chi connectivity index (χ3v) is 6.22. The van der Waals surface area contributed by atoms with E-state index in [9.17, 15) is 24.5 Å². The predicted molar refractivity (Wildman–Crippen MR) is 141 cm³/mol. The van der Waals surface area contributed by atoms with Crippen LogP contribution in [0.25, 0.3) is 0 Å². The predicted octanol–water partition coefficient (Wildman–Crippen LogP) is 2.99. The summed E-state index contributed by atoms with van der Waals surface area (Å²) in [7, 11) is 0. The fourth-order valence-corrected chi connectivity index (χ4v) is 4.29. The summed E-state index contributed by atoms with van der Waals surface area (Å²) in [6.45, 7) is 2.66. The van der Waals surface area contributed by atoms with Gasteiger partial charge >= 0.3 is 6.03 Å². The van der Waals surface area contributed by atoms with Gasteiger partial charge in [0.1, 0.15) is 0 Å². The average molecular weight is 517 g/mol. The summed E-state index contributed by atoms with van der Waals surface area (Å²) in [5.41, 5.74) is 8.97. The Labute approximate surface area is 219 Å². The molecule has 0 bridgehead atoms. The highest BCUT2D eigenvalue weighted by Gasteiger charge is 2.43. The van der Waals surface area contributed by atoms with Gasteiger partial charge in [-0.1, -0.05) is 36.4 Å². The van der Waals surface area contributed by atoms with E-state index in [1.807, 2.05) is 37.3 Å². The van der Waals surface area contributed by atoms with E-state index in [1.54, 1.807) is 18.2 Å². The van der Waals surface area contributed by atoms with Crippen molar-refractivity contribution in [2.24, 2.45) is 5.73 Å². The number of rotatable bonds is 7. The smallest absolute Gasteiger partial charge is 0.323 e. The first-order valence-corrected chi connectivity index (χ1v) is 12.0. The number of nitro benzene ring substituents is 1. The fourth-order valence-electron chi connectivity index (χ4n) is 4.29. The van der Waals surface area contributed by atoms with Crippen LogP contribution in [-0.2, 0) is 17.9 Å². The van der Waals surface area contributed by atoms with Crippen molar-refractivity contribution in [3.05, 3.63) is 105 Å². The Morgan fingerprint density at radius 3 is 2.34 bits per heavy atom. The van der Waals surface area contributed by atoms with Gasteiger partial charge in [-0.15, -0.1) is 0 Å². The van der Waals surface area contributed by atoms with E-state index < -0.39 is 28.9 Å². The zero-order valence-corrected chi connectivity index (χ0v) is 20.8. The van der Waals surface area contributed by atoms with Crippen LogP contribution in [0.3, 0.4) is 0 Å². The molecule has 3 aromatic rings. The number of nitro groups is 1. The number of carbonyl (C=O) groups excluding carboxylic acids is 3. The second kappa shape index (κ2) is 11.5. The number of carbonyl (C=O) groups is 3. The molecule has 1 heterocycles. The highest BCUT2D eigenvalue weighted by atomic mass is 16.6. The number of nitrogens with one attached hydrogen (secondary N) is 2. The quantitative estimate of drug-likeness (QED) is 0.324. The largest absolute Gasteiger partial charge is 0.349 e. The van der Waals surface area contributed by atoms with Gasteiger partial charge in [0.15, 0.2) is 6.17 Å². The third kappa shape index (κ3) is 5.95. The van der Waals surface area contributed by atoms with Crippen LogP contribution in [0, 0.1) is 17.0 Å². The van der Waals surface area contributed by atoms with Crippen LogP contribution in [0.2, 0.25) is 0 Å². The standard InChI is InChI=1S/C27H28N6O5/c1-18-4-2-7-22(14-18)30-27(36)32-13-12-31(26(35)21-8-10-23(11-9-21)33(37)38)25(32)24(34)29-17-20-6-3-5-19(15-20)16-28/h2-11,14-15,25H,12-13,16-17,28H2,1H3,(H,29,34)(H,30,36). The number of amides is 4. The van der Waals surface area contributed by atoms with Crippen molar-refractivity contribution < 1.29 is 19.3 Å². The van der Waals surface area contributed by atoms with E-state index >= 15 is 0 Å². The second-order valence-electron chi connectivity index (χ2n) is 8.91. The first-order valence-electron chi connectivity index (χ1n) is 12.0. The zero-order chi connectivity index (χ0) is 27.2. The molecule has 1 saturated heterocycles. The van der Waals surface area contributed by atoms with Gasteiger partial charge in [0.2, 0.25) is 0 Å². The van der Waals surface area contributed by atoms with Crippen LogP contribution in [0.1, 0.15) is 27.0 Å². The van der Waals surface area contributed by atoms with E-state index in [2.05, 4.69) is 10.6 Å². The minimum atomic E-state index is -1.22. The lowest BCUT2D eigenvalue weighted by molar-refractivity contribution is -0.384. The molecule has 38 heavy (non-hydrogen) atoms. The molecule has 0 spiro atoms. The highest BCUT2D eigenvalue weighted by Crippen LogP contribution is 2.22. The summed E-state index contributed by atoms with van der Waals surface area (Å²) in [5, 5.41) is 16.6. The van der Waals surface area contributed by atoms with Crippen LogP contribution in [0.4, 0.5) is 16.2 Å². The van der Waals surface area contributed by atoms with Gasteiger partial charge in [-0.25, -0.2) is 4.79 Å². The molecule has 0 saturated carbocycles. The summed E-state index contributed by atoms with van der Waals surface area (Å²) in [6, 6.07) is 19.3. The molecular weight excluding hydrogens is 488 g/mol. The van der Waals surface area contributed by atoms with Crippen molar-refractivity contribution >= 4 is 29.2 Å². The van der Waals surface area contributed by atoms with Crippen LogP contribution in [-0.4, -0.2) is 51.8 Å². The van der Waals surface area contributed by atoms with Gasteiger partial charge in [-0.3, -0.25) is 24.6 Å². The molecule has 196 valence electrons. The Morgan fingerprint density at radius 2 is 1.66 bits per heavy atom. The maximum atomic E-state index is 13.4. The van der Waals surface area contributed by atoms with E-state index in [0.29, 0.717) is 12.2 Å². The lowest BCUT2D eigenvalue weighted by Gasteiger charge is -2.29. The molecule has 4 rings (SSSR count). The lowest BCUT2D eigenvalue weighted by Crippen LogP contribution is -2.54. The van der Waals surface area contributed by atoms with Crippen LogP contribution < -0.4 is 16.4 Å². The molecule has 1 aliphatic rings. The molecular formula is C27H28N6O5. The molecule has 1 fully saturated rings. The van der Waals surface area contributed by atoms with E-state index in [0.717, 1.165) is 16.7 Å². The number of urea groups is 1. The number of nitrogens with zero attached hydrogens (tertiary/aromatic N) is 3. The Hall–Kier alpha value is -4.77. The summed E-state index contributed by atoms with van der Waals surface area (Å²) < 4.78 is 0. The Balaban J connectivity index is 1.57. The molecule has 1 atom stereocenters. The van der Waals surface area contributed by atoms with Gasteiger partial charge in [-0.05, 0) is 47.9 Å². The van der Waals surface area contributed by atoms with Crippen LogP contribution in [0.15, 0.2) is 72.8 Å². The minimum absolute atomic E-state index is 0.109. The molecule has 3 aromatic carbocycles. The molecule has 11 nitrogen and oxygen atoms in total. The Bertz CT molecular complexity index is 1360. The van der Waals surface area contributed by atoms with Gasteiger partial charge in [0.25, 0.3) is 17.5 Å². The van der Waals surface area contributed by atoms with Crippen molar-refractivity contribution in [1.29, 1.82) is 0 Å². The van der Waals surface area contributed by atoms with Crippen molar-refractivity contribution in [3.63, 3.8) is 0 Å². The first kappa shape index (κ1) is 26.3. The number of nitrogens with two attached hydrogens (primary N) is 1. The van der Waals surface area contributed by atoms with Crippen molar-refractivity contribution in [2.75, 3.05) is 18.4 Å². The zero-order valence-electron chi connectivity index (χ0n) is 20.8. The summed E-state index contributed by atoms with van der Waals surface area (Å²) >= 11 is 0. The third-order valence-electron chi connectivity index (χ3n) is 6.22. The van der Waals surface area contributed by atoms with Crippen molar-refractivity contribution in [2.45, 2.75) is 26.2 Å². The number of non-ortho nitro benzene ring substituents is 1. The van der Waals surface area contributed by atoms with E-state index in [-0.39, 0.29) is 30.9 Å². The molecule has 4 N–H and O–H groups in total. The maximum Gasteiger partial charge on any atom is 0.323 e. The molecule has 11 heteroatoms. The molecule has 1 aliphatic heterocycles. The van der Waals surface area contributed by atoms with Crippen LogP contribution in [0.5, 0.6) is 0 Å². The fraction of sp³-hybridized carbons (Fsp3) is 0.222. The summed E-state index contributed by atoms with van der Waals surface area (Å²) in [5.74, 6) is -1.05. The first-order chi connectivity index (χ1) is 18.3. The van der Waals surface area contributed by atoms with Gasteiger partial charge in [-0.2, -0.15) is 0 Å². The average Bonchev–Trinajstić information content (AvgIpc) is 3.37. The number of hydrogen-bond acceptors (Lipinski definition) is 6. The van der Waals surface area contributed by atoms with Gasteiger partial charge in [0, 0.05) is 49.6 Å². The minimum Gasteiger partial charge on any atom is -0.349 e. The van der Waals surface area contributed by atoms with Crippen molar-refractivity contribution in [1.82, 2.24) is 15.1 Å². The van der Waals surface area contributed by atoms with Crippen molar-refractivity contribution in [3.8, 4) is 0 Å². The molecule has 0 aromatic heterocycles. The van der Waals surface area contributed by atoms with Gasteiger partial charge < -0.3 is 21.3 Å². The Morgan fingerprint density at radius 1 is 0.974 bits per heavy atom. The topological polar surface area (TPSA) is 151 Å². The van der Waals surface area contributed by atoms with E-state index in [1.165, 1.54) is 34.1 Å². The molecule has 1 unspecified atom stereocenters. The number of aryl methyl sites for hydroxylation is 1. The lowest BCUT2D eigenvalue weighted by atomic mass is 10.1. The van der Waals surface area contributed by atoms with Crippen LogP contribution >= 0.6 is 0 Å². The normalized spacial score (nSPS) is 14.7. The second-order valence-corrected chi connectivity index (χ2v) is 8.91. The number of anilines is 1. The molecule has 0 aliphatic carbocycles. The number of benzene rings is 3. The molecule has 4 amide bonds. The Kier molecular flexibility index (Phi) is 7.97. The summed E-state index contributed by atoms with van der Waals surface area (Å²) in [6.07, 6.45) is -1.22. The SMILES string of the molecule is Cc1cccc(NC(=O)N2CCN(C(=O)c3ccc([N+](=O)[O-])cc3)C2C(=O)NCc2cccc(CN)c2)c1. The highest BCUT2D eigenvalue weighted by molar-refractivity contribution is 6.00. The van der Waals surface area contributed by atoms with Gasteiger partial charge in [0.05, 0.1) is 4.92 Å². The monoisotopic (exact) mass is 516 g/mol. The van der Waals surface area contributed by atoms with E-state index in [4.69, 9.17) is 5.73 Å².